The zero-order valence-electron chi connectivity index (χ0n) is 12.5. The van der Waals surface area contributed by atoms with Crippen LogP contribution < -0.4 is 5.32 Å². The Morgan fingerprint density at radius 3 is 2.75 bits per heavy atom. The minimum atomic E-state index is -2.85. The Morgan fingerprint density at radius 1 is 1.35 bits per heavy atom. The van der Waals surface area contributed by atoms with Crippen molar-refractivity contribution in [1.29, 1.82) is 0 Å². The van der Waals surface area contributed by atoms with E-state index in [1.165, 1.54) is 5.56 Å². The van der Waals surface area contributed by atoms with E-state index < -0.39 is 9.84 Å². The van der Waals surface area contributed by atoms with Crippen molar-refractivity contribution < 1.29 is 8.42 Å². The highest BCUT2D eigenvalue weighted by Crippen LogP contribution is 2.08. The van der Waals surface area contributed by atoms with Gasteiger partial charge in [0.25, 0.3) is 0 Å². The number of rotatable bonds is 10. The molecule has 1 aromatic heterocycles. The number of nitrogens with one attached hydrogen (secondary N) is 1. The SMILES string of the molecule is CCCNC(CCCS(=O)(=O)CC)Cc1cccnc1. The van der Waals surface area contributed by atoms with Gasteiger partial charge in [0.2, 0.25) is 0 Å². The quantitative estimate of drug-likeness (QED) is 0.719. The minimum Gasteiger partial charge on any atom is -0.314 e. The Hall–Kier alpha value is -0.940. The van der Waals surface area contributed by atoms with Crippen LogP contribution in [-0.4, -0.2) is 37.5 Å². The number of nitrogens with zero attached hydrogens (tertiary/aromatic N) is 1. The molecule has 0 aliphatic rings. The van der Waals surface area contributed by atoms with Crippen LogP contribution in [0.25, 0.3) is 0 Å². The zero-order chi connectivity index (χ0) is 14.8. The molecule has 1 rings (SSSR count). The van der Waals surface area contributed by atoms with Gasteiger partial charge in [0.1, 0.15) is 9.84 Å². The van der Waals surface area contributed by atoms with Crippen molar-refractivity contribution in [3.8, 4) is 0 Å². The molecule has 0 fully saturated rings. The lowest BCUT2D eigenvalue weighted by Gasteiger charge is -2.18. The maximum Gasteiger partial charge on any atom is 0.150 e. The molecule has 0 saturated carbocycles. The highest BCUT2D eigenvalue weighted by Gasteiger charge is 2.12. The van der Waals surface area contributed by atoms with Crippen LogP contribution in [0.5, 0.6) is 0 Å². The third-order valence-corrected chi connectivity index (χ3v) is 5.13. The first-order valence-electron chi connectivity index (χ1n) is 7.40. The van der Waals surface area contributed by atoms with Gasteiger partial charge in [0.05, 0.1) is 5.75 Å². The van der Waals surface area contributed by atoms with Crippen LogP contribution in [-0.2, 0) is 16.3 Å². The topological polar surface area (TPSA) is 59.1 Å². The fourth-order valence-electron chi connectivity index (χ4n) is 2.12. The Balaban J connectivity index is 2.47. The fourth-order valence-corrected chi connectivity index (χ4v) is 3.02. The molecule has 1 atom stereocenters. The summed E-state index contributed by atoms with van der Waals surface area (Å²) < 4.78 is 23.0. The Labute approximate surface area is 122 Å². The molecule has 0 amide bonds. The zero-order valence-corrected chi connectivity index (χ0v) is 13.3. The normalized spacial score (nSPS) is 13.3. The van der Waals surface area contributed by atoms with Crippen LogP contribution in [0.2, 0.25) is 0 Å². The number of pyridine rings is 1. The van der Waals surface area contributed by atoms with Gasteiger partial charge in [0, 0.05) is 24.2 Å². The molecule has 0 aliphatic carbocycles. The van der Waals surface area contributed by atoms with E-state index in [0.717, 1.165) is 32.2 Å². The fraction of sp³-hybridized carbons (Fsp3) is 0.667. The molecule has 0 aliphatic heterocycles. The maximum atomic E-state index is 11.5. The van der Waals surface area contributed by atoms with Crippen molar-refractivity contribution in [1.82, 2.24) is 10.3 Å². The van der Waals surface area contributed by atoms with Crippen LogP contribution in [0.15, 0.2) is 24.5 Å². The molecule has 0 spiro atoms. The molecular formula is C15H26N2O2S. The van der Waals surface area contributed by atoms with Crippen LogP contribution in [0.4, 0.5) is 0 Å². The van der Waals surface area contributed by atoms with E-state index in [1.807, 2.05) is 12.3 Å². The van der Waals surface area contributed by atoms with Crippen molar-refractivity contribution in [2.75, 3.05) is 18.1 Å². The van der Waals surface area contributed by atoms with E-state index in [0.29, 0.717) is 11.8 Å². The second kappa shape index (κ2) is 9.08. The van der Waals surface area contributed by atoms with Gasteiger partial charge in [-0.15, -0.1) is 0 Å². The van der Waals surface area contributed by atoms with E-state index >= 15 is 0 Å². The van der Waals surface area contributed by atoms with Crippen molar-refractivity contribution in [3.05, 3.63) is 30.1 Å². The molecule has 4 nitrogen and oxygen atoms in total. The van der Waals surface area contributed by atoms with Crippen LogP contribution >= 0.6 is 0 Å². The smallest absolute Gasteiger partial charge is 0.150 e. The summed E-state index contributed by atoms with van der Waals surface area (Å²) in [5, 5.41) is 3.50. The standard InChI is InChI=1S/C15H26N2O2S/c1-3-9-17-15(8-6-11-20(18,19)4-2)12-14-7-5-10-16-13-14/h5,7,10,13,15,17H,3-4,6,8-9,11-12H2,1-2H3. The van der Waals surface area contributed by atoms with Crippen molar-refractivity contribution in [2.24, 2.45) is 0 Å². The van der Waals surface area contributed by atoms with E-state index in [1.54, 1.807) is 13.1 Å². The molecule has 0 saturated heterocycles. The Bertz CT molecular complexity index is 460. The van der Waals surface area contributed by atoms with Gasteiger partial charge in [-0.1, -0.05) is 19.9 Å². The molecule has 0 radical (unpaired) electrons. The maximum absolute atomic E-state index is 11.5. The van der Waals surface area contributed by atoms with E-state index in [2.05, 4.69) is 23.3 Å². The number of hydrogen-bond donors (Lipinski definition) is 1. The molecule has 0 bridgehead atoms. The summed E-state index contributed by atoms with van der Waals surface area (Å²) in [7, 11) is -2.85. The van der Waals surface area contributed by atoms with Crippen LogP contribution in [0.1, 0.15) is 38.7 Å². The molecule has 1 unspecified atom stereocenters. The summed E-state index contributed by atoms with van der Waals surface area (Å²) in [6.45, 7) is 4.80. The van der Waals surface area contributed by atoms with Gasteiger partial charge in [-0.3, -0.25) is 4.98 Å². The van der Waals surface area contributed by atoms with Gasteiger partial charge in [-0.25, -0.2) is 8.42 Å². The van der Waals surface area contributed by atoms with Crippen molar-refractivity contribution >= 4 is 9.84 Å². The second-order valence-corrected chi connectivity index (χ2v) is 7.57. The Kier molecular flexibility index (Phi) is 7.77. The Morgan fingerprint density at radius 2 is 2.15 bits per heavy atom. The summed E-state index contributed by atoms with van der Waals surface area (Å²) in [5.41, 5.74) is 1.19. The number of sulfone groups is 1. The third-order valence-electron chi connectivity index (χ3n) is 3.34. The molecule has 0 aromatic carbocycles. The van der Waals surface area contributed by atoms with Crippen LogP contribution in [0, 0.1) is 0 Å². The first-order chi connectivity index (χ1) is 9.57. The molecule has 5 heteroatoms. The monoisotopic (exact) mass is 298 g/mol. The lowest BCUT2D eigenvalue weighted by Crippen LogP contribution is -2.32. The molecular weight excluding hydrogens is 272 g/mol. The lowest BCUT2D eigenvalue weighted by atomic mass is 10.0. The number of aromatic nitrogens is 1. The molecule has 1 aromatic rings. The average molecular weight is 298 g/mol. The van der Waals surface area contributed by atoms with E-state index in [-0.39, 0.29) is 5.75 Å². The summed E-state index contributed by atoms with van der Waals surface area (Å²) in [4.78, 5) is 4.13. The van der Waals surface area contributed by atoms with Gasteiger partial charge in [-0.2, -0.15) is 0 Å². The predicted molar refractivity (Wildman–Crippen MR) is 83.6 cm³/mol. The first-order valence-corrected chi connectivity index (χ1v) is 9.22. The third kappa shape index (κ3) is 7.01. The second-order valence-electron chi connectivity index (χ2n) is 5.10. The molecule has 20 heavy (non-hydrogen) atoms. The highest BCUT2D eigenvalue weighted by molar-refractivity contribution is 7.91. The van der Waals surface area contributed by atoms with Gasteiger partial charge < -0.3 is 5.32 Å². The first kappa shape index (κ1) is 17.1. The van der Waals surface area contributed by atoms with Crippen molar-refractivity contribution in [2.45, 2.75) is 45.6 Å². The minimum absolute atomic E-state index is 0.239. The largest absolute Gasteiger partial charge is 0.314 e. The predicted octanol–water partition coefficient (Wildman–Crippen LogP) is 2.21. The van der Waals surface area contributed by atoms with E-state index in [9.17, 15) is 8.42 Å². The van der Waals surface area contributed by atoms with Crippen molar-refractivity contribution in [3.63, 3.8) is 0 Å². The lowest BCUT2D eigenvalue weighted by molar-refractivity contribution is 0.471. The summed E-state index contributed by atoms with van der Waals surface area (Å²) >= 11 is 0. The van der Waals surface area contributed by atoms with Gasteiger partial charge in [-0.05, 0) is 43.9 Å². The summed E-state index contributed by atoms with van der Waals surface area (Å²) in [6.07, 6.45) is 7.23. The van der Waals surface area contributed by atoms with Gasteiger partial charge in [0.15, 0.2) is 0 Å². The van der Waals surface area contributed by atoms with Gasteiger partial charge >= 0.3 is 0 Å². The molecule has 1 heterocycles. The highest BCUT2D eigenvalue weighted by atomic mass is 32.2. The summed E-state index contributed by atoms with van der Waals surface area (Å²) in [6, 6.07) is 4.33. The molecule has 1 N–H and O–H groups in total. The van der Waals surface area contributed by atoms with E-state index in [4.69, 9.17) is 0 Å². The summed E-state index contributed by atoms with van der Waals surface area (Å²) in [5.74, 6) is 0.531. The number of hydrogen-bond acceptors (Lipinski definition) is 4. The average Bonchev–Trinajstić information content (AvgIpc) is 2.45. The van der Waals surface area contributed by atoms with Crippen LogP contribution in [0.3, 0.4) is 0 Å². The molecule has 114 valence electrons.